The first-order chi connectivity index (χ1) is 4.63. The maximum absolute atomic E-state index is 12.3. The van der Waals surface area contributed by atoms with E-state index < -0.39 is 12.0 Å². The normalized spacial score (nSPS) is 12.6. The van der Waals surface area contributed by atoms with Crippen molar-refractivity contribution in [3.05, 3.63) is 0 Å². The first-order valence-corrected chi connectivity index (χ1v) is 3.60. The van der Waals surface area contributed by atoms with Crippen LogP contribution in [0.15, 0.2) is 0 Å². The Morgan fingerprint density at radius 3 is 1.70 bits per heavy atom. The van der Waals surface area contributed by atoms with Gasteiger partial charge in [-0.25, -0.2) is 8.78 Å². The van der Waals surface area contributed by atoms with Crippen LogP contribution < -0.4 is 5.32 Å². The summed E-state index contributed by atoms with van der Waals surface area (Å²) in [7, 11) is 1.58. The van der Waals surface area contributed by atoms with Crippen LogP contribution in [0.25, 0.3) is 0 Å². The standard InChI is InChI=1S/C7H15F2N/c1-4-7(5-2,10-3)6(8)9/h6,10H,4-5H2,1-3H3. The Hall–Kier alpha value is -0.180. The SMILES string of the molecule is CCC(CC)(NC)C(F)F. The van der Waals surface area contributed by atoms with Crippen molar-refractivity contribution in [2.75, 3.05) is 7.05 Å². The summed E-state index contributed by atoms with van der Waals surface area (Å²) < 4.78 is 24.6. The van der Waals surface area contributed by atoms with Crippen LogP contribution in [0.2, 0.25) is 0 Å². The van der Waals surface area contributed by atoms with E-state index in [1.54, 1.807) is 20.9 Å². The van der Waals surface area contributed by atoms with E-state index in [1.165, 1.54) is 0 Å². The summed E-state index contributed by atoms with van der Waals surface area (Å²) in [6, 6.07) is 0. The van der Waals surface area contributed by atoms with E-state index in [0.717, 1.165) is 0 Å². The van der Waals surface area contributed by atoms with E-state index in [0.29, 0.717) is 12.8 Å². The van der Waals surface area contributed by atoms with E-state index in [1.807, 2.05) is 0 Å². The van der Waals surface area contributed by atoms with Crippen LogP contribution in [0.1, 0.15) is 26.7 Å². The van der Waals surface area contributed by atoms with E-state index in [-0.39, 0.29) is 0 Å². The third-order valence-corrected chi connectivity index (χ3v) is 2.18. The largest absolute Gasteiger partial charge is 0.309 e. The van der Waals surface area contributed by atoms with E-state index in [4.69, 9.17) is 0 Å². The summed E-state index contributed by atoms with van der Waals surface area (Å²) in [6.45, 7) is 3.54. The molecule has 0 fully saturated rings. The Kier molecular flexibility index (Phi) is 3.79. The van der Waals surface area contributed by atoms with Crippen LogP contribution in [0, 0.1) is 0 Å². The van der Waals surface area contributed by atoms with Gasteiger partial charge < -0.3 is 5.32 Å². The van der Waals surface area contributed by atoms with Crippen molar-refractivity contribution in [3.8, 4) is 0 Å². The summed E-state index contributed by atoms with van der Waals surface area (Å²) in [5.41, 5.74) is -0.958. The van der Waals surface area contributed by atoms with Gasteiger partial charge in [-0.1, -0.05) is 13.8 Å². The van der Waals surface area contributed by atoms with Gasteiger partial charge in [0.15, 0.2) is 0 Å². The van der Waals surface area contributed by atoms with Gasteiger partial charge in [0.05, 0.1) is 5.54 Å². The van der Waals surface area contributed by atoms with Crippen LogP contribution in [-0.4, -0.2) is 19.0 Å². The maximum Gasteiger partial charge on any atom is 0.256 e. The van der Waals surface area contributed by atoms with E-state index in [9.17, 15) is 8.78 Å². The summed E-state index contributed by atoms with van der Waals surface area (Å²) in [5, 5.41) is 2.66. The van der Waals surface area contributed by atoms with Crippen LogP contribution in [0.3, 0.4) is 0 Å². The average molecular weight is 151 g/mol. The van der Waals surface area contributed by atoms with Gasteiger partial charge in [-0.3, -0.25) is 0 Å². The molecule has 0 unspecified atom stereocenters. The molecule has 0 aliphatic rings. The predicted octanol–water partition coefficient (Wildman–Crippen LogP) is 2.03. The van der Waals surface area contributed by atoms with Crippen molar-refractivity contribution in [1.82, 2.24) is 5.32 Å². The highest BCUT2D eigenvalue weighted by atomic mass is 19.3. The monoisotopic (exact) mass is 151 g/mol. The number of nitrogens with one attached hydrogen (secondary N) is 1. The van der Waals surface area contributed by atoms with Crippen LogP contribution in [0.4, 0.5) is 8.78 Å². The predicted molar refractivity (Wildman–Crippen MR) is 38.4 cm³/mol. The number of hydrogen-bond acceptors (Lipinski definition) is 1. The fourth-order valence-electron chi connectivity index (χ4n) is 1.02. The van der Waals surface area contributed by atoms with Crippen molar-refractivity contribution >= 4 is 0 Å². The lowest BCUT2D eigenvalue weighted by molar-refractivity contribution is 0.0292. The minimum absolute atomic E-state index is 0.470. The summed E-state index contributed by atoms with van der Waals surface area (Å²) in [6.07, 6.45) is -1.33. The Morgan fingerprint density at radius 2 is 1.70 bits per heavy atom. The molecule has 0 aromatic carbocycles. The zero-order valence-electron chi connectivity index (χ0n) is 6.75. The van der Waals surface area contributed by atoms with Gasteiger partial charge in [-0.15, -0.1) is 0 Å². The second-order valence-corrected chi connectivity index (χ2v) is 2.41. The molecule has 0 radical (unpaired) electrons. The zero-order chi connectivity index (χ0) is 8.20. The lowest BCUT2D eigenvalue weighted by atomic mass is 9.94. The third-order valence-electron chi connectivity index (χ3n) is 2.18. The molecule has 0 aliphatic heterocycles. The lowest BCUT2D eigenvalue weighted by Gasteiger charge is -2.29. The fraction of sp³-hybridized carbons (Fsp3) is 1.00. The molecule has 0 amide bonds. The second kappa shape index (κ2) is 3.86. The Morgan fingerprint density at radius 1 is 1.30 bits per heavy atom. The average Bonchev–Trinajstić information content (AvgIpc) is 1.92. The van der Waals surface area contributed by atoms with Gasteiger partial charge in [0.25, 0.3) is 6.43 Å². The van der Waals surface area contributed by atoms with Gasteiger partial charge in [0.1, 0.15) is 0 Å². The molecule has 10 heavy (non-hydrogen) atoms. The number of alkyl halides is 2. The molecule has 0 aromatic heterocycles. The molecule has 1 N–H and O–H groups in total. The van der Waals surface area contributed by atoms with Crippen molar-refractivity contribution in [2.45, 2.75) is 38.7 Å². The molecule has 0 spiro atoms. The Balaban J connectivity index is 4.15. The third kappa shape index (κ3) is 1.66. The fourth-order valence-corrected chi connectivity index (χ4v) is 1.02. The summed E-state index contributed by atoms with van der Waals surface area (Å²) in [5.74, 6) is 0. The minimum atomic E-state index is -2.27. The smallest absolute Gasteiger partial charge is 0.256 e. The van der Waals surface area contributed by atoms with Crippen LogP contribution in [-0.2, 0) is 0 Å². The highest BCUT2D eigenvalue weighted by Gasteiger charge is 2.34. The molecule has 1 nitrogen and oxygen atoms in total. The minimum Gasteiger partial charge on any atom is -0.309 e. The molecule has 0 bridgehead atoms. The molecule has 0 rings (SSSR count). The Bertz CT molecular complexity index is 81.3. The highest BCUT2D eigenvalue weighted by molar-refractivity contribution is 4.86. The molecule has 0 aliphatic carbocycles. The molecular formula is C7H15F2N. The highest BCUT2D eigenvalue weighted by Crippen LogP contribution is 2.22. The maximum atomic E-state index is 12.3. The molecule has 0 heterocycles. The first-order valence-electron chi connectivity index (χ1n) is 3.60. The number of halogens is 2. The quantitative estimate of drug-likeness (QED) is 0.648. The zero-order valence-corrected chi connectivity index (χ0v) is 6.75. The van der Waals surface area contributed by atoms with Crippen molar-refractivity contribution in [3.63, 3.8) is 0 Å². The van der Waals surface area contributed by atoms with Gasteiger partial charge >= 0.3 is 0 Å². The number of rotatable bonds is 4. The van der Waals surface area contributed by atoms with Crippen molar-refractivity contribution in [1.29, 1.82) is 0 Å². The molecule has 62 valence electrons. The van der Waals surface area contributed by atoms with Gasteiger partial charge in [-0.05, 0) is 19.9 Å². The van der Waals surface area contributed by atoms with Gasteiger partial charge in [-0.2, -0.15) is 0 Å². The lowest BCUT2D eigenvalue weighted by Crippen LogP contribution is -2.48. The molecule has 0 saturated carbocycles. The molecular weight excluding hydrogens is 136 g/mol. The summed E-state index contributed by atoms with van der Waals surface area (Å²) >= 11 is 0. The van der Waals surface area contributed by atoms with Gasteiger partial charge in [0.2, 0.25) is 0 Å². The summed E-state index contributed by atoms with van der Waals surface area (Å²) in [4.78, 5) is 0. The molecule has 0 aromatic rings. The van der Waals surface area contributed by atoms with Crippen LogP contribution in [0.5, 0.6) is 0 Å². The topological polar surface area (TPSA) is 12.0 Å². The Labute approximate surface area is 60.8 Å². The van der Waals surface area contributed by atoms with Crippen molar-refractivity contribution in [2.24, 2.45) is 0 Å². The second-order valence-electron chi connectivity index (χ2n) is 2.41. The number of hydrogen-bond donors (Lipinski definition) is 1. The van der Waals surface area contributed by atoms with Crippen molar-refractivity contribution < 1.29 is 8.78 Å². The van der Waals surface area contributed by atoms with Gasteiger partial charge in [0, 0.05) is 0 Å². The van der Waals surface area contributed by atoms with E-state index in [2.05, 4.69) is 5.32 Å². The van der Waals surface area contributed by atoms with Crippen LogP contribution >= 0.6 is 0 Å². The molecule has 0 atom stereocenters. The molecule has 3 heteroatoms. The first kappa shape index (κ1) is 9.82. The molecule has 0 saturated heterocycles. The van der Waals surface area contributed by atoms with E-state index >= 15 is 0 Å².